The van der Waals surface area contributed by atoms with E-state index < -0.39 is 5.41 Å². The van der Waals surface area contributed by atoms with Gasteiger partial charge in [0, 0.05) is 35.6 Å². The molecule has 0 saturated carbocycles. The zero-order valence-electron chi connectivity index (χ0n) is 19.0. The highest BCUT2D eigenvalue weighted by molar-refractivity contribution is 5.95. The van der Waals surface area contributed by atoms with Crippen molar-refractivity contribution in [2.75, 3.05) is 29.0 Å². The van der Waals surface area contributed by atoms with Gasteiger partial charge in [-0.25, -0.2) is 0 Å². The van der Waals surface area contributed by atoms with Crippen LogP contribution in [0.1, 0.15) is 75.2 Å². The first-order valence-corrected chi connectivity index (χ1v) is 10.2. The maximum Gasteiger partial charge on any atom is 0.229 e. The molecule has 27 heavy (non-hydrogen) atoms. The molecule has 0 radical (unpaired) electrons. The maximum atomic E-state index is 12.4. The smallest absolute Gasteiger partial charge is 0.229 e. The van der Waals surface area contributed by atoms with Gasteiger partial charge in [0.1, 0.15) is 0 Å². The minimum Gasteiger partial charge on any atom is -0.384 e. The van der Waals surface area contributed by atoms with E-state index in [1.54, 1.807) is 0 Å². The second-order valence-corrected chi connectivity index (χ2v) is 10.2. The Balaban J connectivity index is 3.05. The number of carbonyl (C=O) groups is 1. The largest absolute Gasteiger partial charge is 0.384 e. The molecule has 0 aliphatic heterocycles. The highest BCUT2D eigenvalue weighted by Gasteiger charge is 2.22. The molecule has 0 aliphatic carbocycles. The van der Waals surface area contributed by atoms with Crippen molar-refractivity contribution in [1.29, 1.82) is 0 Å². The molecular formula is C23H41N3O. The molecule has 0 unspecified atom stereocenters. The Bertz CT molecular complexity index is 589. The molecule has 1 rings (SSSR count). The van der Waals surface area contributed by atoms with Crippen molar-refractivity contribution in [1.82, 2.24) is 0 Å². The summed E-state index contributed by atoms with van der Waals surface area (Å²) in [5, 5.41) is 10.2. The summed E-state index contributed by atoms with van der Waals surface area (Å²) in [6.07, 6.45) is 2.21. The van der Waals surface area contributed by atoms with Gasteiger partial charge in [0.05, 0.1) is 0 Å². The van der Waals surface area contributed by atoms with Crippen molar-refractivity contribution in [2.24, 2.45) is 16.2 Å². The molecule has 0 bridgehead atoms. The lowest BCUT2D eigenvalue weighted by Crippen LogP contribution is -2.28. The Hall–Kier alpha value is -1.71. The molecule has 3 N–H and O–H groups in total. The Morgan fingerprint density at radius 1 is 0.741 bits per heavy atom. The van der Waals surface area contributed by atoms with Crippen molar-refractivity contribution < 1.29 is 4.79 Å². The molecule has 0 heterocycles. The fourth-order valence-corrected chi connectivity index (χ4v) is 2.16. The number of rotatable bonds is 9. The Morgan fingerprint density at radius 3 is 1.44 bits per heavy atom. The maximum absolute atomic E-state index is 12.4. The van der Waals surface area contributed by atoms with Gasteiger partial charge >= 0.3 is 0 Å². The number of amides is 1. The Labute approximate surface area is 166 Å². The fraction of sp³-hybridized carbons (Fsp3) is 0.696. The second-order valence-electron chi connectivity index (χ2n) is 10.2. The van der Waals surface area contributed by atoms with E-state index in [4.69, 9.17) is 0 Å². The third kappa shape index (κ3) is 8.23. The summed E-state index contributed by atoms with van der Waals surface area (Å²) in [6, 6.07) is 6.17. The average Bonchev–Trinajstić information content (AvgIpc) is 2.57. The number of anilines is 3. The third-order valence-corrected chi connectivity index (χ3v) is 5.33. The monoisotopic (exact) mass is 375 g/mol. The van der Waals surface area contributed by atoms with Crippen LogP contribution in [0.15, 0.2) is 18.2 Å². The minimum atomic E-state index is -0.425. The standard InChI is InChI=1S/C23H41N3O/c1-10-22(6,7)15-24-17-12-18(25-16-23(8,9)11-2)14-19(13-17)26-20(27)21(3,4)5/h12-14,24-25H,10-11,15-16H2,1-9H3,(H,26,27). The zero-order valence-corrected chi connectivity index (χ0v) is 19.0. The SMILES string of the molecule is CCC(C)(C)CNc1cc(NCC(C)(C)CC)cc(NC(=O)C(C)(C)C)c1. The number of nitrogens with one attached hydrogen (secondary N) is 3. The van der Waals surface area contributed by atoms with E-state index in [1.165, 1.54) is 0 Å². The molecule has 0 fully saturated rings. The van der Waals surface area contributed by atoms with Gasteiger partial charge in [-0.05, 0) is 41.9 Å². The number of hydrogen-bond donors (Lipinski definition) is 3. The molecule has 1 aromatic carbocycles. The van der Waals surface area contributed by atoms with Gasteiger partial charge < -0.3 is 16.0 Å². The van der Waals surface area contributed by atoms with Gasteiger partial charge in [-0.2, -0.15) is 0 Å². The molecule has 1 amide bonds. The van der Waals surface area contributed by atoms with Gasteiger partial charge in [-0.3, -0.25) is 4.79 Å². The summed E-state index contributed by atoms with van der Waals surface area (Å²) in [6.45, 7) is 21.0. The first-order valence-electron chi connectivity index (χ1n) is 10.2. The molecule has 0 aromatic heterocycles. The van der Waals surface area contributed by atoms with Crippen LogP contribution in [0.2, 0.25) is 0 Å². The van der Waals surface area contributed by atoms with Gasteiger partial charge in [0.15, 0.2) is 0 Å². The van der Waals surface area contributed by atoms with Crippen LogP contribution in [0.3, 0.4) is 0 Å². The van der Waals surface area contributed by atoms with E-state index in [-0.39, 0.29) is 16.7 Å². The highest BCUT2D eigenvalue weighted by Crippen LogP contribution is 2.28. The topological polar surface area (TPSA) is 53.2 Å². The van der Waals surface area contributed by atoms with E-state index in [0.29, 0.717) is 0 Å². The van der Waals surface area contributed by atoms with Crippen LogP contribution in [0.5, 0.6) is 0 Å². The van der Waals surface area contributed by atoms with Gasteiger partial charge in [0.2, 0.25) is 5.91 Å². The molecule has 0 saturated heterocycles. The summed E-state index contributed by atoms with van der Waals surface area (Å²) < 4.78 is 0. The van der Waals surface area contributed by atoms with Crippen LogP contribution in [-0.4, -0.2) is 19.0 Å². The predicted octanol–water partition coefficient (Wildman–Crippen LogP) is 6.37. The van der Waals surface area contributed by atoms with Crippen molar-refractivity contribution >= 4 is 23.0 Å². The lowest BCUT2D eigenvalue weighted by molar-refractivity contribution is -0.123. The zero-order chi connectivity index (χ0) is 20.9. The second kappa shape index (κ2) is 8.99. The first-order chi connectivity index (χ1) is 12.3. The molecule has 0 atom stereocenters. The minimum absolute atomic E-state index is 0.0216. The number of hydrogen-bond acceptors (Lipinski definition) is 3. The van der Waals surface area contributed by atoms with Crippen LogP contribution >= 0.6 is 0 Å². The molecule has 0 spiro atoms. The van der Waals surface area contributed by atoms with Crippen LogP contribution in [0.25, 0.3) is 0 Å². The van der Waals surface area contributed by atoms with Crippen LogP contribution in [-0.2, 0) is 4.79 Å². The van der Waals surface area contributed by atoms with E-state index in [0.717, 1.165) is 43.0 Å². The van der Waals surface area contributed by atoms with Crippen LogP contribution in [0, 0.1) is 16.2 Å². The van der Waals surface area contributed by atoms with Crippen molar-refractivity contribution in [3.05, 3.63) is 18.2 Å². The first kappa shape index (κ1) is 23.3. The lowest BCUT2D eigenvalue weighted by Gasteiger charge is -2.26. The Morgan fingerprint density at radius 2 is 1.11 bits per heavy atom. The number of benzene rings is 1. The van der Waals surface area contributed by atoms with Crippen LogP contribution in [0.4, 0.5) is 17.1 Å². The quantitative estimate of drug-likeness (QED) is 0.470. The van der Waals surface area contributed by atoms with Crippen molar-refractivity contribution in [2.45, 2.75) is 75.2 Å². The molecule has 1 aromatic rings. The molecule has 4 heteroatoms. The van der Waals surface area contributed by atoms with Gasteiger partial charge in [-0.15, -0.1) is 0 Å². The summed E-state index contributed by atoms with van der Waals surface area (Å²) in [4.78, 5) is 12.4. The van der Waals surface area contributed by atoms with Crippen LogP contribution < -0.4 is 16.0 Å². The van der Waals surface area contributed by atoms with Crippen molar-refractivity contribution in [3.8, 4) is 0 Å². The summed E-state index contributed by atoms with van der Waals surface area (Å²) in [7, 11) is 0. The fourth-order valence-electron chi connectivity index (χ4n) is 2.16. The summed E-state index contributed by atoms with van der Waals surface area (Å²) in [5.74, 6) is 0.0216. The average molecular weight is 376 g/mol. The van der Waals surface area contributed by atoms with Crippen molar-refractivity contribution in [3.63, 3.8) is 0 Å². The molecule has 0 aliphatic rings. The summed E-state index contributed by atoms with van der Waals surface area (Å²) >= 11 is 0. The van der Waals surface area contributed by atoms with E-state index in [1.807, 2.05) is 32.9 Å². The van der Waals surface area contributed by atoms with E-state index in [2.05, 4.69) is 63.6 Å². The highest BCUT2D eigenvalue weighted by atomic mass is 16.2. The van der Waals surface area contributed by atoms with E-state index >= 15 is 0 Å². The Kier molecular flexibility index (Phi) is 7.76. The normalized spacial score (nSPS) is 12.6. The van der Waals surface area contributed by atoms with E-state index in [9.17, 15) is 4.79 Å². The molecular weight excluding hydrogens is 334 g/mol. The predicted molar refractivity (Wildman–Crippen MR) is 120 cm³/mol. The van der Waals surface area contributed by atoms with Gasteiger partial charge in [-0.1, -0.05) is 62.3 Å². The number of carbonyl (C=O) groups excluding carboxylic acids is 1. The molecule has 4 nitrogen and oxygen atoms in total. The summed E-state index contributed by atoms with van der Waals surface area (Å²) in [5.41, 5.74) is 2.90. The van der Waals surface area contributed by atoms with Gasteiger partial charge in [0.25, 0.3) is 0 Å². The lowest BCUT2D eigenvalue weighted by atomic mass is 9.90. The molecule has 154 valence electrons. The third-order valence-electron chi connectivity index (χ3n) is 5.33.